The summed E-state index contributed by atoms with van der Waals surface area (Å²) in [5.74, 6) is 0.296. The molecule has 0 aliphatic carbocycles. The molecule has 1 unspecified atom stereocenters. The lowest BCUT2D eigenvalue weighted by molar-refractivity contribution is -0.145. The van der Waals surface area contributed by atoms with E-state index in [4.69, 9.17) is 0 Å². The maximum absolute atomic E-state index is 12.1. The Hall–Kier alpha value is -1.10. The van der Waals surface area contributed by atoms with Gasteiger partial charge in [0.25, 0.3) is 0 Å². The molecule has 2 fully saturated rings. The molecule has 0 aromatic heterocycles. The summed E-state index contributed by atoms with van der Waals surface area (Å²) in [4.78, 5) is 27.3. The van der Waals surface area contributed by atoms with Gasteiger partial charge in [-0.05, 0) is 12.8 Å². The zero-order valence-electron chi connectivity index (χ0n) is 9.90. The highest BCUT2D eigenvalue weighted by Crippen LogP contribution is 2.22. The van der Waals surface area contributed by atoms with Crippen molar-refractivity contribution >= 4 is 11.8 Å². The van der Waals surface area contributed by atoms with Crippen molar-refractivity contribution in [1.29, 1.82) is 0 Å². The van der Waals surface area contributed by atoms with E-state index in [2.05, 4.69) is 5.32 Å². The zero-order chi connectivity index (χ0) is 11.7. The van der Waals surface area contributed by atoms with Gasteiger partial charge in [-0.3, -0.25) is 9.59 Å². The van der Waals surface area contributed by atoms with E-state index in [1.807, 2.05) is 0 Å². The topological polar surface area (TPSA) is 52.7 Å². The summed E-state index contributed by atoms with van der Waals surface area (Å²) < 4.78 is 0. The summed E-state index contributed by atoms with van der Waals surface area (Å²) in [7, 11) is 3.49. The molecule has 0 radical (unpaired) electrons. The molecule has 2 aliphatic rings. The number of likely N-dealkylation sites (tertiary alicyclic amines) is 1. The van der Waals surface area contributed by atoms with Gasteiger partial charge in [-0.15, -0.1) is 0 Å². The van der Waals surface area contributed by atoms with Crippen LogP contribution in [0, 0.1) is 5.92 Å². The van der Waals surface area contributed by atoms with Gasteiger partial charge in [0, 0.05) is 33.7 Å². The molecule has 5 nitrogen and oxygen atoms in total. The number of carbonyl (C=O) groups is 2. The van der Waals surface area contributed by atoms with Gasteiger partial charge >= 0.3 is 0 Å². The predicted molar refractivity (Wildman–Crippen MR) is 59.8 cm³/mol. The van der Waals surface area contributed by atoms with E-state index in [1.54, 1.807) is 23.9 Å². The average molecular weight is 225 g/mol. The van der Waals surface area contributed by atoms with Crippen molar-refractivity contribution in [1.82, 2.24) is 15.1 Å². The van der Waals surface area contributed by atoms with Gasteiger partial charge in [0.15, 0.2) is 0 Å². The molecule has 0 aromatic rings. The molecule has 90 valence electrons. The minimum Gasteiger partial charge on any atom is -0.347 e. The molecule has 16 heavy (non-hydrogen) atoms. The number of nitrogens with zero attached hydrogens (tertiary/aromatic N) is 2. The molecule has 2 saturated heterocycles. The highest BCUT2D eigenvalue weighted by atomic mass is 16.2. The Morgan fingerprint density at radius 2 is 2.00 bits per heavy atom. The first-order chi connectivity index (χ1) is 7.61. The smallest absolute Gasteiger partial charge is 0.244 e. The van der Waals surface area contributed by atoms with Gasteiger partial charge in [0.05, 0.1) is 5.92 Å². The first-order valence-corrected chi connectivity index (χ1v) is 5.83. The summed E-state index contributed by atoms with van der Waals surface area (Å²) in [6.07, 6.45) is 1.75. The fourth-order valence-corrected chi connectivity index (χ4v) is 2.28. The van der Waals surface area contributed by atoms with Crippen LogP contribution < -0.4 is 5.32 Å². The van der Waals surface area contributed by atoms with Crippen LogP contribution in [0.5, 0.6) is 0 Å². The third-order valence-electron chi connectivity index (χ3n) is 3.39. The SMILES string of the molecule is CN(C)C(=O)C1CCCN1C(=O)C1CNC1. The molecule has 0 saturated carbocycles. The second-order valence-electron chi connectivity index (χ2n) is 4.78. The summed E-state index contributed by atoms with van der Waals surface area (Å²) in [5, 5.41) is 3.09. The van der Waals surface area contributed by atoms with Gasteiger partial charge in [-0.1, -0.05) is 0 Å². The van der Waals surface area contributed by atoms with Crippen LogP contribution in [0.2, 0.25) is 0 Å². The molecule has 0 bridgehead atoms. The standard InChI is InChI=1S/C11H19N3O2/c1-13(2)11(16)9-4-3-5-14(9)10(15)8-6-12-7-8/h8-9,12H,3-7H2,1-2H3. The summed E-state index contributed by atoms with van der Waals surface area (Å²) >= 11 is 0. The van der Waals surface area contributed by atoms with Crippen LogP contribution in [0.25, 0.3) is 0 Å². The number of nitrogens with one attached hydrogen (secondary N) is 1. The second-order valence-corrected chi connectivity index (χ2v) is 4.78. The predicted octanol–water partition coefficient (Wildman–Crippen LogP) is -0.715. The molecular weight excluding hydrogens is 206 g/mol. The van der Waals surface area contributed by atoms with E-state index < -0.39 is 0 Å². The normalized spacial score (nSPS) is 25.4. The fraction of sp³-hybridized carbons (Fsp3) is 0.818. The molecule has 2 aliphatic heterocycles. The van der Waals surface area contributed by atoms with E-state index in [0.29, 0.717) is 0 Å². The number of amides is 2. The van der Waals surface area contributed by atoms with Gasteiger partial charge in [-0.2, -0.15) is 0 Å². The Morgan fingerprint density at radius 1 is 1.31 bits per heavy atom. The summed E-state index contributed by atoms with van der Waals surface area (Å²) in [5.41, 5.74) is 0. The van der Waals surface area contributed by atoms with Crippen LogP contribution in [-0.2, 0) is 9.59 Å². The van der Waals surface area contributed by atoms with Crippen LogP contribution in [0.15, 0.2) is 0 Å². The Bertz CT molecular complexity index is 300. The number of carbonyl (C=O) groups excluding carboxylic acids is 2. The lowest BCUT2D eigenvalue weighted by Crippen LogP contribution is -2.55. The maximum atomic E-state index is 12.1. The number of hydrogen-bond acceptors (Lipinski definition) is 3. The number of hydrogen-bond donors (Lipinski definition) is 1. The van der Waals surface area contributed by atoms with Crippen molar-refractivity contribution in [2.24, 2.45) is 5.92 Å². The van der Waals surface area contributed by atoms with Crippen molar-refractivity contribution in [3.05, 3.63) is 0 Å². The van der Waals surface area contributed by atoms with Crippen molar-refractivity contribution in [2.45, 2.75) is 18.9 Å². The molecule has 0 spiro atoms. The van der Waals surface area contributed by atoms with Crippen molar-refractivity contribution < 1.29 is 9.59 Å². The lowest BCUT2D eigenvalue weighted by atomic mass is 10.0. The van der Waals surface area contributed by atoms with Crippen molar-refractivity contribution in [3.8, 4) is 0 Å². The van der Waals surface area contributed by atoms with Gasteiger partial charge in [0.1, 0.15) is 6.04 Å². The monoisotopic (exact) mass is 225 g/mol. The average Bonchev–Trinajstić information content (AvgIpc) is 2.61. The van der Waals surface area contributed by atoms with Crippen LogP contribution in [0.3, 0.4) is 0 Å². The van der Waals surface area contributed by atoms with E-state index in [-0.39, 0.29) is 23.8 Å². The van der Waals surface area contributed by atoms with E-state index >= 15 is 0 Å². The molecule has 2 amide bonds. The van der Waals surface area contributed by atoms with E-state index in [9.17, 15) is 9.59 Å². The van der Waals surface area contributed by atoms with Crippen LogP contribution in [0.1, 0.15) is 12.8 Å². The van der Waals surface area contributed by atoms with E-state index in [1.165, 1.54) is 0 Å². The summed E-state index contributed by atoms with van der Waals surface area (Å²) in [6, 6.07) is -0.219. The van der Waals surface area contributed by atoms with E-state index in [0.717, 1.165) is 32.5 Å². The molecule has 5 heteroatoms. The lowest BCUT2D eigenvalue weighted by Gasteiger charge is -2.33. The number of likely N-dealkylation sites (N-methyl/N-ethyl adjacent to an activating group) is 1. The fourth-order valence-electron chi connectivity index (χ4n) is 2.28. The van der Waals surface area contributed by atoms with Gasteiger partial charge in [0.2, 0.25) is 11.8 Å². The van der Waals surface area contributed by atoms with Crippen molar-refractivity contribution in [3.63, 3.8) is 0 Å². The molecule has 2 heterocycles. The number of rotatable bonds is 2. The van der Waals surface area contributed by atoms with Gasteiger partial charge in [-0.25, -0.2) is 0 Å². The Morgan fingerprint density at radius 3 is 2.50 bits per heavy atom. The second kappa shape index (κ2) is 4.41. The highest BCUT2D eigenvalue weighted by molar-refractivity contribution is 5.89. The first kappa shape index (κ1) is 11.4. The third-order valence-corrected chi connectivity index (χ3v) is 3.39. The van der Waals surface area contributed by atoms with Crippen LogP contribution >= 0.6 is 0 Å². The van der Waals surface area contributed by atoms with Crippen molar-refractivity contribution in [2.75, 3.05) is 33.7 Å². The quantitative estimate of drug-likeness (QED) is 0.675. The minimum absolute atomic E-state index is 0.0538. The first-order valence-electron chi connectivity index (χ1n) is 5.83. The Kier molecular flexibility index (Phi) is 3.14. The highest BCUT2D eigenvalue weighted by Gasteiger charge is 2.39. The minimum atomic E-state index is -0.219. The molecule has 1 N–H and O–H groups in total. The van der Waals surface area contributed by atoms with Gasteiger partial charge < -0.3 is 15.1 Å². The third kappa shape index (κ3) is 1.91. The summed E-state index contributed by atoms with van der Waals surface area (Å²) in [6.45, 7) is 2.26. The van der Waals surface area contributed by atoms with Crippen LogP contribution in [0.4, 0.5) is 0 Å². The molecule has 1 atom stereocenters. The molecular formula is C11H19N3O2. The Balaban J connectivity index is 2.02. The zero-order valence-corrected chi connectivity index (χ0v) is 9.90. The molecule has 2 rings (SSSR count). The largest absolute Gasteiger partial charge is 0.347 e. The molecule has 0 aromatic carbocycles. The Labute approximate surface area is 95.8 Å². The van der Waals surface area contributed by atoms with Crippen LogP contribution in [-0.4, -0.2) is 61.4 Å². The maximum Gasteiger partial charge on any atom is 0.244 e.